The second-order valence-electron chi connectivity index (χ2n) is 6.00. The van der Waals surface area contributed by atoms with E-state index in [1.165, 1.54) is 0 Å². The number of ketones is 1. The average molecular weight is 307 g/mol. The minimum absolute atomic E-state index is 0.0389. The molecule has 1 rings (SSSR count). The van der Waals surface area contributed by atoms with Gasteiger partial charge in [-0.3, -0.25) is 19.7 Å². The summed E-state index contributed by atoms with van der Waals surface area (Å²) in [6.45, 7) is 5.64. The molecule has 122 valence electrons. The van der Waals surface area contributed by atoms with Gasteiger partial charge in [-0.15, -0.1) is 0 Å². The van der Waals surface area contributed by atoms with Crippen molar-refractivity contribution >= 4 is 17.6 Å². The van der Waals surface area contributed by atoms with Crippen molar-refractivity contribution in [3.63, 3.8) is 0 Å². The molecular weight excluding hydrogens is 282 g/mol. The molecule has 1 saturated heterocycles. The molecule has 0 aromatic rings. The van der Waals surface area contributed by atoms with E-state index in [0.29, 0.717) is 6.42 Å². The van der Waals surface area contributed by atoms with Crippen LogP contribution >= 0.6 is 0 Å². The molecule has 0 spiro atoms. The average Bonchev–Trinajstić information content (AvgIpc) is 2.36. The molecular formula is C17H25NO4. The molecule has 0 radical (unpaired) electrons. The summed E-state index contributed by atoms with van der Waals surface area (Å²) in [5, 5.41) is 12.3. The highest BCUT2D eigenvalue weighted by Crippen LogP contribution is 2.21. The first kappa shape index (κ1) is 18.3. The normalized spacial score (nSPS) is 20.1. The lowest BCUT2D eigenvalue weighted by Gasteiger charge is -2.23. The number of carbonyl (C=O) groups excluding carboxylic acids is 3. The van der Waals surface area contributed by atoms with Gasteiger partial charge in [-0.1, -0.05) is 30.7 Å². The Balaban J connectivity index is 2.48. The lowest BCUT2D eigenvalue weighted by molar-refractivity contribution is -0.135. The van der Waals surface area contributed by atoms with Crippen molar-refractivity contribution in [3.8, 4) is 0 Å². The highest BCUT2D eigenvalue weighted by atomic mass is 16.3. The molecule has 0 aromatic heterocycles. The summed E-state index contributed by atoms with van der Waals surface area (Å²) in [5.41, 5.74) is 1.01. The fraction of sp³-hybridized carbons (Fsp3) is 0.588. The monoisotopic (exact) mass is 307 g/mol. The first-order valence-electron chi connectivity index (χ1n) is 7.66. The predicted octanol–water partition coefficient (Wildman–Crippen LogP) is 1.91. The molecule has 1 heterocycles. The highest BCUT2D eigenvalue weighted by molar-refractivity contribution is 5.97. The van der Waals surface area contributed by atoms with Crippen LogP contribution in [0.1, 0.15) is 46.5 Å². The number of imide groups is 1. The van der Waals surface area contributed by atoms with Gasteiger partial charge < -0.3 is 5.11 Å². The van der Waals surface area contributed by atoms with Crippen molar-refractivity contribution in [1.29, 1.82) is 0 Å². The zero-order valence-corrected chi connectivity index (χ0v) is 13.5. The zero-order chi connectivity index (χ0) is 16.7. The molecule has 0 saturated carbocycles. The maximum Gasteiger partial charge on any atom is 0.226 e. The highest BCUT2D eigenvalue weighted by Gasteiger charge is 2.27. The van der Waals surface area contributed by atoms with Crippen molar-refractivity contribution in [2.75, 3.05) is 0 Å². The van der Waals surface area contributed by atoms with Crippen molar-refractivity contribution in [1.82, 2.24) is 5.32 Å². The summed E-state index contributed by atoms with van der Waals surface area (Å²) >= 11 is 0. The maximum atomic E-state index is 12.1. The first-order valence-corrected chi connectivity index (χ1v) is 7.66. The third kappa shape index (κ3) is 6.35. The topological polar surface area (TPSA) is 83.5 Å². The fourth-order valence-electron chi connectivity index (χ4n) is 2.71. The van der Waals surface area contributed by atoms with Gasteiger partial charge >= 0.3 is 0 Å². The second-order valence-corrected chi connectivity index (χ2v) is 6.00. The number of hydrogen-bond donors (Lipinski definition) is 2. The van der Waals surface area contributed by atoms with Crippen molar-refractivity contribution in [2.45, 2.75) is 52.6 Å². The minimum Gasteiger partial charge on any atom is -0.393 e. The molecule has 2 amide bonds. The predicted molar refractivity (Wildman–Crippen MR) is 83.9 cm³/mol. The quantitative estimate of drug-likeness (QED) is 0.556. The number of aliphatic hydroxyl groups excluding tert-OH is 1. The summed E-state index contributed by atoms with van der Waals surface area (Å²) in [4.78, 5) is 34.7. The molecule has 0 aliphatic carbocycles. The van der Waals surface area contributed by atoms with Gasteiger partial charge in [-0.2, -0.15) is 0 Å². The van der Waals surface area contributed by atoms with Crippen LogP contribution in [0.15, 0.2) is 23.8 Å². The Hall–Kier alpha value is -1.75. The van der Waals surface area contributed by atoms with E-state index < -0.39 is 6.10 Å². The summed E-state index contributed by atoms with van der Waals surface area (Å²) in [5.74, 6) is -1.10. The van der Waals surface area contributed by atoms with E-state index >= 15 is 0 Å². The Morgan fingerprint density at radius 1 is 1.36 bits per heavy atom. The smallest absolute Gasteiger partial charge is 0.226 e. The van der Waals surface area contributed by atoms with Crippen LogP contribution in [-0.4, -0.2) is 28.8 Å². The number of hydrogen-bond acceptors (Lipinski definition) is 4. The van der Waals surface area contributed by atoms with Gasteiger partial charge in [0.1, 0.15) is 5.78 Å². The van der Waals surface area contributed by atoms with E-state index in [2.05, 4.69) is 5.32 Å². The van der Waals surface area contributed by atoms with Gasteiger partial charge in [-0.05, 0) is 26.2 Å². The number of amides is 2. The molecule has 5 heteroatoms. The third-order valence-corrected chi connectivity index (χ3v) is 3.72. The van der Waals surface area contributed by atoms with Crippen LogP contribution in [0, 0.1) is 11.8 Å². The van der Waals surface area contributed by atoms with E-state index in [9.17, 15) is 19.5 Å². The van der Waals surface area contributed by atoms with Crippen LogP contribution in [-0.2, 0) is 14.4 Å². The zero-order valence-electron chi connectivity index (χ0n) is 13.5. The molecule has 1 aliphatic heterocycles. The van der Waals surface area contributed by atoms with E-state index in [-0.39, 0.29) is 48.7 Å². The fourth-order valence-corrected chi connectivity index (χ4v) is 2.71. The maximum absolute atomic E-state index is 12.1. The number of nitrogens with one attached hydrogen (secondary N) is 1. The number of piperidine rings is 1. The van der Waals surface area contributed by atoms with E-state index in [0.717, 1.165) is 5.57 Å². The summed E-state index contributed by atoms with van der Waals surface area (Å²) < 4.78 is 0. The van der Waals surface area contributed by atoms with Gasteiger partial charge in [0.05, 0.1) is 6.10 Å². The number of Topliss-reactive ketones (excluding diaryl/α,β-unsaturated/α-hetero) is 1. The minimum atomic E-state index is -0.811. The molecule has 0 aromatic carbocycles. The third-order valence-electron chi connectivity index (χ3n) is 3.72. The molecule has 22 heavy (non-hydrogen) atoms. The van der Waals surface area contributed by atoms with Gasteiger partial charge in [0.2, 0.25) is 11.8 Å². The molecule has 0 bridgehead atoms. The largest absolute Gasteiger partial charge is 0.393 e. The number of allylic oxidation sites excluding steroid dienone is 4. The molecule has 2 N–H and O–H groups in total. The Labute approximate surface area is 131 Å². The molecule has 2 atom stereocenters. The SMILES string of the molecule is CC=CC(C)=C[C@@H](C)C(=O)C[C@H](O)CC1CC(=O)NC(=O)C1. The lowest BCUT2D eigenvalue weighted by Crippen LogP contribution is -2.39. The van der Waals surface area contributed by atoms with E-state index in [1.54, 1.807) is 6.92 Å². The number of aliphatic hydroxyl groups is 1. The van der Waals surface area contributed by atoms with E-state index in [1.807, 2.05) is 32.1 Å². The summed E-state index contributed by atoms with van der Waals surface area (Å²) in [6, 6.07) is 0. The van der Waals surface area contributed by atoms with Crippen molar-refractivity contribution in [2.24, 2.45) is 11.8 Å². The van der Waals surface area contributed by atoms with Gasteiger partial charge in [-0.25, -0.2) is 0 Å². The summed E-state index contributed by atoms with van der Waals surface area (Å²) in [6.07, 6.45) is 5.69. The van der Waals surface area contributed by atoms with Crippen LogP contribution in [0.2, 0.25) is 0 Å². The Bertz CT molecular complexity index is 477. The van der Waals surface area contributed by atoms with Crippen LogP contribution < -0.4 is 5.32 Å². The van der Waals surface area contributed by atoms with Gasteiger partial charge in [0, 0.05) is 25.2 Å². The number of rotatable bonds is 7. The molecule has 0 unspecified atom stereocenters. The number of carbonyl (C=O) groups is 3. The van der Waals surface area contributed by atoms with Crippen LogP contribution in [0.3, 0.4) is 0 Å². The Kier molecular flexibility index (Phi) is 7.18. The molecule has 1 aliphatic rings. The van der Waals surface area contributed by atoms with Crippen molar-refractivity contribution in [3.05, 3.63) is 23.8 Å². The van der Waals surface area contributed by atoms with Crippen LogP contribution in [0.25, 0.3) is 0 Å². The van der Waals surface area contributed by atoms with Crippen LogP contribution in [0.4, 0.5) is 0 Å². The first-order chi connectivity index (χ1) is 10.3. The van der Waals surface area contributed by atoms with Gasteiger partial charge in [0.15, 0.2) is 0 Å². The molecule has 5 nitrogen and oxygen atoms in total. The molecule has 1 fully saturated rings. The standard InChI is InChI=1S/C17H25NO4/c1-4-5-11(2)6-12(3)15(20)10-14(19)7-13-8-16(21)18-17(22)9-13/h4-6,12-14,19H,7-10H2,1-3H3,(H,18,21,22)/t12-,14-/m1/s1. The Morgan fingerprint density at radius 3 is 2.50 bits per heavy atom. The van der Waals surface area contributed by atoms with Gasteiger partial charge in [0.25, 0.3) is 0 Å². The second kappa shape index (κ2) is 8.63. The van der Waals surface area contributed by atoms with E-state index in [4.69, 9.17) is 0 Å². The van der Waals surface area contributed by atoms with Crippen molar-refractivity contribution < 1.29 is 19.5 Å². The Morgan fingerprint density at radius 2 is 1.95 bits per heavy atom. The summed E-state index contributed by atoms with van der Waals surface area (Å²) in [7, 11) is 0. The van der Waals surface area contributed by atoms with Crippen LogP contribution in [0.5, 0.6) is 0 Å². The lowest BCUT2D eigenvalue weighted by atomic mass is 9.88.